The number of aromatic nitrogens is 3. The molecule has 18 heavy (non-hydrogen) atoms. The van der Waals surface area contributed by atoms with E-state index in [1.165, 1.54) is 0 Å². The van der Waals surface area contributed by atoms with Crippen LogP contribution in [-0.2, 0) is 6.61 Å². The second kappa shape index (κ2) is 6.51. The Hall–Kier alpha value is -1.40. The van der Waals surface area contributed by atoms with E-state index in [1.807, 2.05) is 24.4 Å². The molecule has 0 radical (unpaired) electrons. The monoisotopic (exact) mass is 285 g/mol. The largest absolute Gasteiger partial charge is 0.463 e. The van der Waals surface area contributed by atoms with Crippen molar-refractivity contribution >= 4 is 22.9 Å². The average molecular weight is 286 g/mol. The molecule has 0 saturated carbocycles. The molecule has 5 nitrogen and oxygen atoms in total. The molecular formula is C11H12ClN3O2S. The maximum atomic E-state index is 5.77. The highest BCUT2D eigenvalue weighted by Gasteiger charge is 2.07. The van der Waals surface area contributed by atoms with Crippen molar-refractivity contribution in [1.29, 1.82) is 0 Å². The molecule has 0 aliphatic heterocycles. The first-order valence-corrected chi connectivity index (χ1v) is 6.73. The fourth-order valence-corrected chi connectivity index (χ4v) is 1.93. The predicted molar refractivity (Wildman–Crippen MR) is 69.3 cm³/mol. The minimum atomic E-state index is 0.0669. The van der Waals surface area contributed by atoms with Crippen LogP contribution in [0.3, 0.4) is 0 Å². The third-order valence-electron chi connectivity index (χ3n) is 1.93. The first-order chi connectivity index (χ1) is 8.78. The van der Waals surface area contributed by atoms with E-state index in [9.17, 15) is 0 Å². The van der Waals surface area contributed by atoms with Crippen LogP contribution in [0.15, 0.2) is 17.5 Å². The number of ether oxygens (including phenoxy) is 2. The van der Waals surface area contributed by atoms with Gasteiger partial charge in [-0.1, -0.05) is 13.0 Å². The molecule has 2 heterocycles. The molecule has 0 unspecified atom stereocenters. The second-order valence-electron chi connectivity index (χ2n) is 3.39. The van der Waals surface area contributed by atoms with E-state index >= 15 is 0 Å². The summed E-state index contributed by atoms with van der Waals surface area (Å²) >= 11 is 7.37. The molecule has 2 aromatic heterocycles. The van der Waals surface area contributed by atoms with Crippen LogP contribution in [0.1, 0.15) is 18.2 Å². The lowest BCUT2D eigenvalue weighted by atomic mass is 10.5. The molecule has 0 aliphatic carbocycles. The Morgan fingerprint density at radius 2 is 2.00 bits per heavy atom. The van der Waals surface area contributed by atoms with Gasteiger partial charge in [0.15, 0.2) is 0 Å². The molecule has 2 rings (SSSR count). The SMILES string of the molecule is CCCOc1nc(Cl)nc(OCc2cccs2)n1. The van der Waals surface area contributed by atoms with E-state index in [0.29, 0.717) is 13.2 Å². The van der Waals surface area contributed by atoms with Crippen LogP contribution in [0.5, 0.6) is 12.0 Å². The highest BCUT2D eigenvalue weighted by molar-refractivity contribution is 7.09. The van der Waals surface area contributed by atoms with Crippen molar-refractivity contribution in [3.8, 4) is 12.0 Å². The Morgan fingerprint density at radius 3 is 2.67 bits per heavy atom. The molecule has 0 aromatic carbocycles. The fourth-order valence-electron chi connectivity index (χ4n) is 1.17. The van der Waals surface area contributed by atoms with Gasteiger partial charge in [0.25, 0.3) is 0 Å². The van der Waals surface area contributed by atoms with Crippen molar-refractivity contribution < 1.29 is 9.47 Å². The summed E-state index contributed by atoms with van der Waals surface area (Å²) < 4.78 is 10.7. The lowest BCUT2D eigenvalue weighted by molar-refractivity contribution is 0.256. The van der Waals surface area contributed by atoms with Crippen LogP contribution < -0.4 is 9.47 Å². The van der Waals surface area contributed by atoms with Crippen LogP contribution in [0.25, 0.3) is 0 Å². The van der Waals surface area contributed by atoms with Gasteiger partial charge in [-0.3, -0.25) is 0 Å². The van der Waals surface area contributed by atoms with Gasteiger partial charge in [0.2, 0.25) is 5.28 Å². The van der Waals surface area contributed by atoms with Gasteiger partial charge in [-0.15, -0.1) is 16.3 Å². The summed E-state index contributed by atoms with van der Waals surface area (Å²) in [6, 6.07) is 4.30. The number of rotatable bonds is 6. The highest BCUT2D eigenvalue weighted by atomic mass is 35.5. The van der Waals surface area contributed by atoms with Gasteiger partial charge in [-0.25, -0.2) is 0 Å². The number of hydrogen-bond acceptors (Lipinski definition) is 6. The smallest absolute Gasteiger partial charge is 0.324 e. The molecule has 0 atom stereocenters. The quantitative estimate of drug-likeness (QED) is 0.817. The maximum Gasteiger partial charge on any atom is 0.324 e. The molecule has 0 N–H and O–H groups in total. The van der Waals surface area contributed by atoms with Crippen molar-refractivity contribution in [2.75, 3.05) is 6.61 Å². The molecule has 0 saturated heterocycles. The first-order valence-electron chi connectivity index (χ1n) is 5.47. The summed E-state index contributed by atoms with van der Waals surface area (Å²) in [7, 11) is 0. The Bertz CT molecular complexity index is 493. The van der Waals surface area contributed by atoms with Gasteiger partial charge in [0.05, 0.1) is 6.61 Å². The molecular weight excluding hydrogens is 274 g/mol. The molecule has 0 spiro atoms. The summed E-state index contributed by atoms with van der Waals surface area (Å²) in [5, 5.41) is 2.05. The molecule has 0 amide bonds. The van der Waals surface area contributed by atoms with Crippen molar-refractivity contribution in [1.82, 2.24) is 15.0 Å². The topological polar surface area (TPSA) is 57.1 Å². The van der Waals surface area contributed by atoms with Gasteiger partial charge in [0.1, 0.15) is 6.61 Å². The minimum Gasteiger partial charge on any atom is -0.463 e. The molecule has 2 aromatic rings. The van der Waals surface area contributed by atoms with Gasteiger partial charge in [0, 0.05) is 4.88 Å². The molecule has 0 bridgehead atoms. The predicted octanol–water partition coefficient (Wildman–Crippen LogP) is 2.95. The minimum absolute atomic E-state index is 0.0669. The normalized spacial score (nSPS) is 10.3. The van der Waals surface area contributed by atoms with Crippen molar-refractivity contribution in [2.24, 2.45) is 0 Å². The van der Waals surface area contributed by atoms with Crippen LogP contribution >= 0.6 is 22.9 Å². The third-order valence-corrected chi connectivity index (χ3v) is 2.94. The summed E-state index contributed by atoms with van der Waals surface area (Å²) in [4.78, 5) is 12.9. The summed E-state index contributed by atoms with van der Waals surface area (Å²) in [5.74, 6) is 0. The van der Waals surface area contributed by atoms with E-state index in [0.717, 1.165) is 11.3 Å². The standard InChI is InChI=1S/C11H12ClN3O2S/c1-2-5-16-10-13-9(12)14-11(15-10)17-7-8-4-3-6-18-8/h3-4,6H,2,5,7H2,1H3. The third kappa shape index (κ3) is 3.82. The summed E-state index contributed by atoms with van der Waals surface area (Å²) in [6.07, 6.45) is 0.870. The van der Waals surface area contributed by atoms with E-state index in [2.05, 4.69) is 15.0 Å². The van der Waals surface area contributed by atoms with Crippen LogP contribution in [0.4, 0.5) is 0 Å². The second-order valence-corrected chi connectivity index (χ2v) is 4.76. The average Bonchev–Trinajstić information content (AvgIpc) is 2.86. The molecule has 7 heteroatoms. The van der Waals surface area contributed by atoms with Crippen molar-refractivity contribution in [3.63, 3.8) is 0 Å². The van der Waals surface area contributed by atoms with Gasteiger partial charge in [-0.2, -0.15) is 9.97 Å². The van der Waals surface area contributed by atoms with Crippen LogP contribution in [0.2, 0.25) is 5.28 Å². The van der Waals surface area contributed by atoms with E-state index in [-0.39, 0.29) is 17.3 Å². The number of hydrogen-bond donors (Lipinski definition) is 0. The summed E-state index contributed by atoms with van der Waals surface area (Å²) in [5.41, 5.74) is 0. The Balaban J connectivity index is 2.00. The fraction of sp³-hybridized carbons (Fsp3) is 0.364. The van der Waals surface area contributed by atoms with E-state index in [1.54, 1.807) is 11.3 Å². The first kappa shape index (κ1) is 13.0. The van der Waals surface area contributed by atoms with Gasteiger partial charge < -0.3 is 9.47 Å². The van der Waals surface area contributed by atoms with Gasteiger partial charge >= 0.3 is 12.0 Å². The number of halogens is 1. The summed E-state index contributed by atoms with van der Waals surface area (Å²) in [6.45, 7) is 2.94. The zero-order valence-corrected chi connectivity index (χ0v) is 11.4. The maximum absolute atomic E-state index is 5.77. The van der Waals surface area contributed by atoms with Crippen molar-refractivity contribution in [2.45, 2.75) is 20.0 Å². The zero-order chi connectivity index (χ0) is 12.8. The highest BCUT2D eigenvalue weighted by Crippen LogP contribution is 2.16. The Morgan fingerprint density at radius 1 is 1.22 bits per heavy atom. The lowest BCUT2D eigenvalue weighted by Crippen LogP contribution is -2.04. The molecule has 0 fully saturated rings. The Kier molecular flexibility index (Phi) is 4.72. The van der Waals surface area contributed by atoms with Crippen LogP contribution in [-0.4, -0.2) is 21.6 Å². The van der Waals surface area contributed by atoms with Crippen molar-refractivity contribution in [3.05, 3.63) is 27.7 Å². The Labute approximate surface area is 114 Å². The molecule has 0 aliphatic rings. The lowest BCUT2D eigenvalue weighted by Gasteiger charge is -2.05. The van der Waals surface area contributed by atoms with Crippen LogP contribution in [0, 0.1) is 0 Å². The molecule has 96 valence electrons. The number of thiophene rings is 1. The zero-order valence-electron chi connectivity index (χ0n) is 9.80. The van der Waals surface area contributed by atoms with E-state index in [4.69, 9.17) is 21.1 Å². The number of nitrogens with zero attached hydrogens (tertiary/aromatic N) is 3. The van der Waals surface area contributed by atoms with Gasteiger partial charge in [-0.05, 0) is 29.5 Å². The van der Waals surface area contributed by atoms with E-state index < -0.39 is 0 Å².